The van der Waals surface area contributed by atoms with Crippen molar-refractivity contribution >= 4 is 18.1 Å². The van der Waals surface area contributed by atoms with E-state index in [1.54, 1.807) is 6.08 Å². The molecule has 4 heteroatoms. The van der Waals surface area contributed by atoms with Gasteiger partial charge in [0.2, 0.25) is 0 Å². The maximum absolute atomic E-state index is 12.4. The molecule has 0 spiro atoms. The number of benzene rings is 2. The van der Waals surface area contributed by atoms with E-state index in [4.69, 9.17) is 4.74 Å². The van der Waals surface area contributed by atoms with Crippen LogP contribution in [0, 0.1) is 6.92 Å². The zero-order valence-corrected chi connectivity index (χ0v) is 12.8. The molecule has 1 heterocycles. The normalized spacial score (nSPS) is 17.5. The molecule has 1 atom stereocenters. The Labute approximate surface area is 135 Å². The number of hydrogen-bond acceptors (Lipinski definition) is 3. The minimum atomic E-state index is -0.599. The van der Waals surface area contributed by atoms with Crippen LogP contribution in [0.15, 0.2) is 60.7 Å². The summed E-state index contributed by atoms with van der Waals surface area (Å²) >= 11 is 0. The van der Waals surface area contributed by atoms with Crippen LogP contribution in [-0.4, -0.2) is 23.5 Å². The molecule has 1 fully saturated rings. The van der Waals surface area contributed by atoms with Crippen molar-refractivity contribution in [1.82, 2.24) is 4.90 Å². The highest BCUT2D eigenvalue weighted by molar-refractivity contribution is 6.02. The zero-order chi connectivity index (χ0) is 16.2. The summed E-state index contributed by atoms with van der Waals surface area (Å²) in [6.07, 6.45) is 2.53. The molecule has 1 unspecified atom stereocenters. The summed E-state index contributed by atoms with van der Waals surface area (Å²) in [6.45, 7) is 2.18. The quantitative estimate of drug-likeness (QED) is 0.812. The predicted octanol–water partition coefficient (Wildman–Crippen LogP) is 3.73. The lowest BCUT2D eigenvalue weighted by Gasteiger charge is -2.18. The molecule has 0 bridgehead atoms. The summed E-state index contributed by atoms with van der Waals surface area (Å²) in [7, 11) is 0. The van der Waals surface area contributed by atoms with Crippen molar-refractivity contribution in [3.63, 3.8) is 0 Å². The molecule has 0 aliphatic carbocycles. The first-order chi connectivity index (χ1) is 11.1. The van der Waals surface area contributed by atoms with Crippen LogP contribution < -0.4 is 0 Å². The molecule has 0 radical (unpaired) electrons. The predicted molar refractivity (Wildman–Crippen MR) is 87.6 cm³/mol. The van der Waals surface area contributed by atoms with E-state index in [1.165, 1.54) is 11.0 Å². The van der Waals surface area contributed by atoms with Crippen LogP contribution in [0.4, 0.5) is 4.79 Å². The summed E-state index contributed by atoms with van der Waals surface area (Å²) in [5.41, 5.74) is 2.92. The minimum absolute atomic E-state index is 0.187. The topological polar surface area (TPSA) is 46.6 Å². The fourth-order valence-corrected chi connectivity index (χ4v) is 2.61. The van der Waals surface area contributed by atoms with Crippen molar-refractivity contribution in [2.24, 2.45) is 0 Å². The van der Waals surface area contributed by atoms with Gasteiger partial charge in [0.1, 0.15) is 12.6 Å². The number of carbonyl (C=O) groups excluding carboxylic acids is 2. The van der Waals surface area contributed by atoms with E-state index in [-0.39, 0.29) is 18.6 Å². The van der Waals surface area contributed by atoms with Gasteiger partial charge >= 0.3 is 6.09 Å². The molecule has 0 N–H and O–H groups in total. The van der Waals surface area contributed by atoms with Gasteiger partial charge in [0.05, 0.1) is 0 Å². The molecule has 2 aromatic rings. The Morgan fingerprint density at radius 3 is 2.70 bits per heavy atom. The molecule has 116 valence electrons. The molecule has 2 amide bonds. The van der Waals surface area contributed by atoms with Crippen molar-refractivity contribution in [1.29, 1.82) is 0 Å². The summed E-state index contributed by atoms with van der Waals surface area (Å²) in [4.78, 5) is 25.5. The van der Waals surface area contributed by atoms with Crippen molar-refractivity contribution < 1.29 is 14.3 Å². The van der Waals surface area contributed by atoms with Crippen molar-refractivity contribution in [3.8, 4) is 0 Å². The Hall–Kier alpha value is -2.88. The minimum Gasteiger partial charge on any atom is -0.446 e. The largest absolute Gasteiger partial charge is 0.446 e. The van der Waals surface area contributed by atoms with Crippen LogP contribution in [0.5, 0.6) is 0 Å². The molecule has 4 nitrogen and oxygen atoms in total. The average molecular weight is 307 g/mol. The molecule has 3 rings (SSSR count). The summed E-state index contributed by atoms with van der Waals surface area (Å²) in [6, 6.07) is 16.8. The first-order valence-corrected chi connectivity index (χ1v) is 7.45. The monoisotopic (exact) mass is 307 g/mol. The van der Waals surface area contributed by atoms with E-state index < -0.39 is 6.09 Å². The van der Waals surface area contributed by atoms with Gasteiger partial charge in [-0.05, 0) is 24.1 Å². The number of hydrogen-bond donors (Lipinski definition) is 0. The van der Waals surface area contributed by atoms with Gasteiger partial charge in [-0.25, -0.2) is 9.69 Å². The SMILES string of the molecule is Cc1cccc(/C=C/C(=O)N2C(=O)OCC2c2ccccc2)c1. The maximum Gasteiger partial charge on any atom is 0.417 e. The molecule has 1 aliphatic rings. The highest BCUT2D eigenvalue weighted by Crippen LogP contribution is 2.27. The Bertz CT molecular complexity index is 752. The maximum atomic E-state index is 12.4. The fourth-order valence-electron chi connectivity index (χ4n) is 2.61. The second-order valence-corrected chi connectivity index (χ2v) is 5.46. The van der Waals surface area contributed by atoms with Crippen molar-refractivity contribution in [3.05, 3.63) is 77.4 Å². The number of rotatable bonds is 3. The van der Waals surface area contributed by atoms with E-state index in [1.807, 2.05) is 61.5 Å². The van der Waals surface area contributed by atoms with E-state index in [0.29, 0.717) is 0 Å². The summed E-state index contributed by atoms with van der Waals surface area (Å²) < 4.78 is 5.06. The smallest absolute Gasteiger partial charge is 0.417 e. The van der Waals surface area contributed by atoms with Gasteiger partial charge in [0, 0.05) is 6.08 Å². The molecular formula is C19H17NO3. The van der Waals surface area contributed by atoms with Gasteiger partial charge in [0.25, 0.3) is 5.91 Å². The van der Waals surface area contributed by atoms with Gasteiger partial charge in [-0.1, -0.05) is 60.2 Å². The fraction of sp³-hybridized carbons (Fsp3) is 0.158. The number of amides is 2. The number of imide groups is 1. The van der Waals surface area contributed by atoms with Crippen LogP contribution in [0.3, 0.4) is 0 Å². The standard InChI is InChI=1S/C19H17NO3/c1-14-6-5-7-15(12-14)10-11-18(21)20-17(13-23-19(20)22)16-8-3-2-4-9-16/h2-12,17H,13H2,1H3/b11-10+. The highest BCUT2D eigenvalue weighted by atomic mass is 16.6. The number of cyclic esters (lactones) is 1. The Balaban J connectivity index is 1.80. The first-order valence-electron chi connectivity index (χ1n) is 7.45. The Morgan fingerprint density at radius 2 is 1.96 bits per heavy atom. The van der Waals surface area contributed by atoms with E-state index in [9.17, 15) is 9.59 Å². The number of carbonyl (C=O) groups is 2. The molecular weight excluding hydrogens is 290 g/mol. The third-order valence-corrected chi connectivity index (χ3v) is 3.76. The van der Waals surface area contributed by atoms with Gasteiger partial charge in [0.15, 0.2) is 0 Å². The Kier molecular flexibility index (Phi) is 4.24. The van der Waals surface area contributed by atoms with Crippen molar-refractivity contribution in [2.45, 2.75) is 13.0 Å². The van der Waals surface area contributed by atoms with Gasteiger partial charge < -0.3 is 4.74 Å². The summed E-state index contributed by atoms with van der Waals surface area (Å²) in [5.74, 6) is -0.372. The van der Waals surface area contributed by atoms with Crippen molar-refractivity contribution in [2.75, 3.05) is 6.61 Å². The van der Waals surface area contributed by atoms with Gasteiger partial charge in [-0.15, -0.1) is 0 Å². The average Bonchev–Trinajstić information content (AvgIpc) is 2.95. The van der Waals surface area contributed by atoms with E-state index in [2.05, 4.69) is 0 Å². The van der Waals surface area contributed by atoms with E-state index in [0.717, 1.165) is 16.7 Å². The molecule has 0 aromatic heterocycles. The molecule has 1 aliphatic heterocycles. The lowest BCUT2D eigenvalue weighted by atomic mass is 10.1. The first kappa shape index (κ1) is 15.0. The van der Waals surface area contributed by atoms with E-state index >= 15 is 0 Å². The number of aryl methyl sites for hydroxylation is 1. The highest BCUT2D eigenvalue weighted by Gasteiger charge is 2.37. The van der Waals surface area contributed by atoms with Crippen LogP contribution in [0.1, 0.15) is 22.7 Å². The van der Waals surface area contributed by atoms with Crippen LogP contribution in [0.25, 0.3) is 6.08 Å². The molecule has 1 saturated heterocycles. The molecule has 0 saturated carbocycles. The van der Waals surface area contributed by atoms with Crippen LogP contribution in [0.2, 0.25) is 0 Å². The third-order valence-electron chi connectivity index (χ3n) is 3.76. The van der Waals surface area contributed by atoms with Gasteiger partial charge in [-0.2, -0.15) is 0 Å². The van der Waals surface area contributed by atoms with Crippen LogP contribution >= 0.6 is 0 Å². The molecule has 23 heavy (non-hydrogen) atoms. The lowest BCUT2D eigenvalue weighted by Crippen LogP contribution is -2.32. The summed E-state index contributed by atoms with van der Waals surface area (Å²) in [5, 5.41) is 0. The third kappa shape index (κ3) is 3.31. The zero-order valence-electron chi connectivity index (χ0n) is 12.8. The van der Waals surface area contributed by atoms with Gasteiger partial charge in [-0.3, -0.25) is 4.79 Å². The second kappa shape index (κ2) is 6.48. The number of ether oxygens (including phenoxy) is 1. The second-order valence-electron chi connectivity index (χ2n) is 5.46. The molecule has 2 aromatic carbocycles. The lowest BCUT2D eigenvalue weighted by molar-refractivity contribution is -0.124. The Morgan fingerprint density at radius 1 is 1.17 bits per heavy atom. The number of nitrogens with zero attached hydrogens (tertiary/aromatic N) is 1. The van der Waals surface area contributed by atoms with Crippen LogP contribution in [-0.2, 0) is 9.53 Å².